The van der Waals surface area contributed by atoms with E-state index in [1.165, 1.54) is 0 Å². The van der Waals surface area contributed by atoms with Gasteiger partial charge in [0.1, 0.15) is 12.4 Å². The fourth-order valence-electron chi connectivity index (χ4n) is 3.82. The maximum Gasteiger partial charge on any atom is 0.180 e. The molecule has 6 rings (SSSR count). The molecule has 1 aliphatic heterocycles. The first-order valence-corrected chi connectivity index (χ1v) is 9.77. The Morgan fingerprint density at radius 1 is 1.17 bits per heavy atom. The first kappa shape index (κ1) is 16.8. The topological polar surface area (TPSA) is 83.4 Å². The highest BCUT2D eigenvalue weighted by molar-refractivity contribution is 5.84. The molecular weight excluding hydrogens is 378 g/mol. The second kappa shape index (κ2) is 6.48. The van der Waals surface area contributed by atoms with Gasteiger partial charge in [-0.3, -0.25) is 5.10 Å². The molecule has 0 amide bonds. The van der Waals surface area contributed by atoms with E-state index in [1.54, 1.807) is 6.20 Å². The zero-order chi connectivity index (χ0) is 20.1. The van der Waals surface area contributed by atoms with Crippen LogP contribution in [0.2, 0.25) is 0 Å². The Hall–Kier alpha value is -4.07. The van der Waals surface area contributed by atoms with Crippen LogP contribution in [0.15, 0.2) is 61.2 Å². The molecule has 0 aliphatic carbocycles. The Labute approximate surface area is 172 Å². The summed E-state index contributed by atoms with van der Waals surface area (Å²) in [6, 6.07) is 12.3. The Morgan fingerprint density at radius 3 is 3.10 bits per heavy atom. The van der Waals surface area contributed by atoms with Gasteiger partial charge in [-0.05, 0) is 18.2 Å². The number of aromatic amines is 1. The van der Waals surface area contributed by atoms with Gasteiger partial charge in [0.25, 0.3) is 0 Å². The molecule has 0 spiro atoms. The number of aromatic nitrogens is 5. The number of nitrogens with zero attached hydrogens (tertiary/aromatic N) is 5. The van der Waals surface area contributed by atoms with E-state index < -0.39 is 0 Å². The summed E-state index contributed by atoms with van der Waals surface area (Å²) in [5.74, 6) is 1.56. The van der Waals surface area contributed by atoms with Crippen LogP contribution in [-0.4, -0.2) is 44.8 Å². The second-order valence-electron chi connectivity index (χ2n) is 7.38. The van der Waals surface area contributed by atoms with Crippen LogP contribution in [0, 0.1) is 0 Å². The van der Waals surface area contributed by atoms with E-state index in [4.69, 9.17) is 9.72 Å². The smallest absolute Gasteiger partial charge is 0.180 e. The second-order valence-corrected chi connectivity index (χ2v) is 7.38. The van der Waals surface area contributed by atoms with Crippen molar-refractivity contribution in [1.29, 1.82) is 0 Å². The van der Waals surface area contributed by atoms with E-state index in [0.29, 0.717) is 12.4 Å². The first-order valence-electron chi connectivity index (χ1n) is 9.77. The Bertz CT molecular complexity index is 1390. The highest BCUT2D eigenvalue weighted by Gasteiger charge is 2.16. The predicted octanol–water partition coefficient (Wildman–Crippen LogP) is 3.84. The van der Waals surface area contributed by atoms with Gasteiger partial charge >= 0.3 is 0 Å². The molecule has 1 aliphatic rings. The molecule has 3 aromatic heterocycles. The number of benzene rings is 2. The minimum Gasteiger partial charge on any atom is -0.489 e. The third-order valence-electron chi connectivity index (χ3n) is 5.43. The van der Waals surface area contributed by atoms with Gasteiger partial charge < -0.3 is 19.4 Å². The maximum atomic E-state index is 5.84. The van der Waals surface area contributed by atoms with Crippen LogP contribution in [-0.2, 0) is 0 Å². The Balaban J connectivity index is 1.42. The van der Waals surface area contributed by atoms with Crippen molar-refractivity contribution in [2.75, 3.05) is 30.4 Å². The molecule has 0 atom stereocenters. The summed E-state index contributed by atoms with van der Waals surface area (Å²) >= 11 is 0. The van der Waals surface area contributed by atoms with Gasteiger partial charge in [-0.15, -0.1) is 0 Å². The molecule has 4 heterocycles. The van der Waals surface area contributed by atoms with Crippen molar-refractivity contribution >= 4 is 33.7 Å². The highest BCUT2D eigenvalue weighted by atomic mass is 16.5. The van der Waals surface area contributed by atoms with Crippen molar-refractivity contribution in [3.8, 4) is 17.0 Å². The standard InChI is InChI=1S/C22H19N7O/c1-28-8-9-30-20-11-16(4-5-19(20)28)25-21-22-23-6-7-29(22)13-18(26-21)14-2-3-15-12-24-27-17(15)10-14/h2-7,10-13H,8-9H2,1H3,(H,24,27)(H,25,26). The average molecular weight is 397 g/mol. The van der Waals surface area contributed by atoms with Crippen molar-refractivity contribution in [3.05, 3.63) is 61.2 Å². The lowest BCUT2D eigenvalue weighted by atomic mass is 10.1. The molecule has 8 nitrogen and oxygen atoms in total. The van der Waals surface area contributed by atoms with Crippen LogP contribution in [0.5, 0.6) is 5.75 Å². The summed E-state index contributed by atoms with van der Waals surface area (Å²) in [6.45, 7) is 1.57. The summed E-state index contributed by atoms with van der Waals surface area (Å²) in [5, 5.41) is 11.6. The van der Waals surface area contributed by atoms with Crippen LogP contribution in [0.25, 0.3) is 27.8 Å². The molecule has 8 heteroatoms. The molecule has 0 radical (unpaired) electrons. The summed E-state index contributed by atoms with van der Waals surface area (Å²) in [7, 11) is 2.07. The van der Waals surface area contributed by atoms with E-state index in [2.05, 4.69) is 50.6 Å². The van der Waals surface area contributed by atoms with Gasteiger partial charge in [-0.2, -0.15) is 5.10 Å². The monoisotopic (exact) mass is 397 g/mol. The van der Waals surface area contributed by atoms with Gasteiger partial charge in [0.2, 0.25) is 0 Å². The van der Waals surface area contributed by atoms with E-state index in [0.717, 1.165) is 51.5 Å². The zero-order valence-electron chi connectivity index (χ0n) is 16.3. The number of ether oxygens (including phenoxy) is 1. The molecule has 0 unspecified atom stereocenters. The summed E-state index contributed by atoms with van der Waals surface area (Å²) < 4.78 is 7.82. The lowest BCUT2D eigenvalue weighted by molar-refractivity contribution is 0.311. The summed E-state index contributed by atoms with van der Waals surface area (Å²) in [5.41, 5.74) is 5.58. The largest absolute Gasteiger partial charge is 0.489 e. The third-order valence-corrected chi connectivity index (χ3v) is 5.43. The number of fused-ring (bicyclic) bond motifs is 3. The third kappa shape index (κ3) is 2.73. The van der Waals surface area contributed by atoms with E-state index in [-0.39, 0.29) is 0 Å². The van der Waals surface area contributed by atoms with Gasteiger partial charge in [-0.1, -0.05) is 12.1 Å². The molecule has 2 N–H and O–H groups in total. The van der Waals surface area contributed by atoms with Crippen LogP contribution in [0.4, 0.5) is 17.2 Å². The van der Waals surface area contributed by atoms with E-state index in [1.807, 2.05) is 41.2 Å². The minimum atomic E-state index is 0.682. The first-order chi connectivity index (χ1) is 14.7. The van der Waals surface area contributed by atoms with Crippen molar-refractivity contribution < 1.29 is 4.74 Å². The average Bonchev–Trinajstić information content (AvgIpc) is 3.42. The lowest BCUT2D eigenvalue weighted by Crippen LogP contribution is -2.28. The van der Waals surface area contributed by atoms with Gasteiger partial charge in [-0.25, -0.2) is 9.97 Å². The van der Waals surface area contributed by atoms with Crippen molar-refractivity contribution in [1.82, 2.24) is 24.6 Å². The lowest BCUT2D eigenvalue weighted by Gasteiger charge is -2.28. The number of hydrogen-bond donors (Lipinski definition) is 2. The van der Waals surface area contributed by atoms with Gasteiger partial charge in [0.15, 0.2) is 11.5 Å². The zero-order valence-corrected chi connectivity index (χ0v) is 16.3. The molecule has 0 fully saturated rings. The van der Waals surface area contributed by atoms with Crippen LogP contribution in [0.3, 0.4) is 0 Å². The van der Waals surface area contributed by atoms with Crippen LogP contribution >= 0.6 is 0 Å². The SMILES string of the molecule is CN1CCOc2cc(Nc3nc(-c4ccc5cn[nH]c5c4)cn4ccnc34)ccc21. The fourth-order valence-corrected chi connectivity index (χ4v) is 3.82. The van der Waals surface area contributed by atoms with Crippen LogP contribution < -0.4 is 15.0 Å². The highest BCUT2D eigenvalue weighted by Crippen LogP contribution is 2.34. The molecule has 0 bridgehead atoms. The van der Waals surface area contributed by atoms with Crippen LogP contribution in [0.1, 0.15) is 0 Å². The molecular formula is C22H19N7O. The molecule has 0 saturated heterocycles. The quantitative estimate of drug-likeness (QED) is 0.481. The molecule has 148 valence electrons. The number of nitrogens with one attached hydrogen (secondary N) is 2. The van der Waals surface area contributed by atoms with E-state index >= 15 is 0 Å². The number of imidazole rings is 1. The Morgan fingerprint density at radius 2 is 2.13 bits per heavy atom. The molecule has 30 heavy (non-hydrogen) atoms. The summed E-state index contributed by atoms with van der Waals surface area (Å²) in [6.07, 6.45) is 7.49. The molecule has 5 aromatic rings. The Kier molecular flexibility index (Phi) is 3.64. The molecule has 0 saturated carbocycles. The van der Waals surface area contributed by atoms with E-state index in [9.17, 15) is 0 Å². The van der Waals surface area contributed by atoms with Crippen molar-refractivity contribution in [3.63, 3.8) is 0 Å². The maximum absolute atomic E-state index is 5.84. The molecule has 2 aromatic carbocycles. The number of rotatable bonds is 3. The number of anilines is 3. The van der Waals surface area contributed by atoms with Gasteiger partial charge in [0, 0.05) is 48.3 Å². The summed E-state index contributed by atoms with van der Waals surface area (Å²) in [4.78, 5) is 11.5. The minimum absolute atomic E-state index is 0.682. The predicted molar refractivity (Wildman–Crippen MR) is 117 cm³/mol. The van der Waals surface area contributed by atoms with Crippen molar-refractivity contribution in [2.45, 2.75) is 0 Å². The number of hydrogen-bond acceptors (Lipinski definition) is 6. The fraction of sp³-hybridized carbons (Fsp3) is 0.136. The number of likely N-dealkylation sites (N-methyl/N-ethyl adjacent to an activating group) is 1. The normalized spacial score (nSPS) is 13.4. The number of H-pyrrole nitrogens is 1. The van der Waals surface area contributed by atoms with Gasteiger partial charge in [0.05, 0.1) is 29.6 Å². The van der Waals surface area contributed by atoms with Crippen molar-refractivity contribution in [2.24, 2.45) is 0 Å².